The molecule has 118 valence electrons. The van der Waals surface area contributed by atoms with E-state index in [1.165, 1.54) is 0 Å². The minimum Gasteiger partial charge on any atom is -0.348 e. The van der Waals surface area contributed by atoms with Gasteiger partial charge in [-0.1, -0.05) is 0 Å². The molecule has 2 amide bonds. The summed E-state index contributed by atoms with van der Waals surface area (Å²) < 4.78 is 0. The number of nitrogens with one attached hydrogen (secondary N) is 1. The van der Waals surface area contributed by atoms with Gasteiger partial charge < -0.3 is 15.1 Å². The lowest BCUT2D eigenvalue weighted by molar-refractivity contribution is -0.143. The van der Waals surface area contributed by atoms with Crippen LogP contribution in [0.2, 0.25) is 0 Å². The lowest BCUT2D eigenvalue weighted by Crippen LogP contribution is -2.59. The molecule has 1 aromatic heterocycles. The zero-order valence-electron chi connectivity index (χ0n) is 12.7. The summed E-state index contributed by atoms with van der Waals surface area (Å²) >= 11 is 0. The van der Waals surface area contributed by atoms with E-state index < -0.39 is 0 Å². The van der Waals surface area contributed by atoms with Crippen molar-refractivity contribution in [1.82, 2.24) is 19.8 Å². The Hall–Kier alpha value is -2.18. The number of piperidine rings is 1. The predicted octanol–water partition coefficient (Wildman–Crippen LogP) is 0.358. The Morgan fingerprint density at radius 2 is 1.77 bits per heavy atom. The molecule has 0 unspecified atom stereocenters. The van der Waals surface area contributed by atoms with Crippen LogP contribution in [-0.2, 0) is 9.59 Å². The molecule has 0 radical (unpaired) electrons. The van der Waals surface area contributed by atoms with Gasteiger partial charge in [-0.25, -0.2) is 9.97 Å². The molecule has 0 saturated carbocycles. The van der Waals surface area contributed by atoms with E-state index in [0.717, 1.165) is 12.8 Å². The standard InChI is InChI=1S/C15H21N5O2/c1-11(21)19-7-3-12(4-8-19)14(22)20-9-13(10-20)18-15-16-5-2-6-17-15/h2,5-6,12-13H,3-4,7-10H2,1H3,(H,16,17,18). The molecule has 7 nitrogen and oxygen atoms in total. The molecule has 0 bridgehead atoms. The maximum absolute atomic E-state index is 12.4. The van der Waals surface area contributed by atoms with E-state index >= 15 is 0 Å². The predicted molar refractivity (Wildman–Crippen MR) is 81.0 cm³/mol. The molecule has 2 aliphatic heterocycles. The molecule has 0 aliphatic carbocycles. The van der Waals surface area contributed by atoms with Gasteiger partial charge in [-0.3, -0.25) is 9.59 Å². The number of likely N-dealkylation sites (tertiary alicyclic amines) is 2. The van der Waals surface area contributed by atoms with E-state index in [1.807, 2.05) is 9.80 Å². The molecule has 2 fully saturated rings. The molecule has 22 heavy (non-hydrogen) atoms. The van der Waals surface area contributed by atoms with E-state index in [0.29, 0.717) is 32.1 Å². The first-order valence-corrected chi connectivity index (χ1v) is 7.71. The zero-order chi connectivity index (χ0) is 15.5. The Labute approximate surface area is 129 Å². The molecular weight excluding hydrogens is 282 g/mol. The van der Waals surface area contributed by atoms with Crippen LogP contribution in [0.3, 0.4) is 0 Å². The highest BCUT2D eigenvalue weighted by Gasteiger charge is 2.36. The molecule has 0 atom stereocenters. The van der Waals surface area contributed by atoms with Gasteiger partial charge in [0.05, 0.1) is 6.04 Å². The molecule has 0 aromatic carbocycles. The normalized spacial score (nSPS) is 19.7. The van der Waals surface area contributed by atoms with Crippen molar-refractivity contribution in [1.29, 1.82) is 0 Å². The fraction of sp³-hybridized carbons (Fsp3) is 0.600. The van der Waals surface area contributed by atoms with E-state index in [2.05, 4.69) is 15.3 Å². The second-order valence-corrected chi connectivity index (χ2v) is 5.94. The number of hydrogen-bond donors (Lipinski definition) is 1. The second kappa shape index (κ2) is 6.29. The highest BCUT2D eigenvalue weighted by Crippen LogP contribution is 2.23. The van der Waals surface area contributed by atoms with Crippen molar-refractivity contribution in [3.8, 4) is 0 Å². The van der Waals surface area contributed by atoms with Gasteiger partial charge in [-0.15, -0.1) is 0 Å². The number of carbonyl (C=O) groups is 2. The summed E-state index contributed by atoms with van der Waals surface area (Å²) in [4.78, 5) is 35.7. The number of nitrogens with zero attached hydrogens (tertiary/aromatic N) is 4. The number of amides is 2. The topological polar surface area (TPSA) is 78.4 Å². The lowest BCUT2D eigenvalue weighted by Gasteiger charge is -2.42. The van der Waals surface area contributed by atoms with Crippen LogP contribution in [0.1, 0.15) is 19.8 Å². The summed E-state index contributed by atoms with van der Waals surface area (Å²) in [5, 5.41) is 3.22. The van der Waals surface area contributed by atoms with Crippen molar-refractivity contribution < 1.29 is 9.59 Å². The lowest BCUT2D eigenvalue weighted by atomic mass is 9.93. The maximum atomic E-state index is 12.4. The van der Waals surface area contributed by atoms with Crippen LogP contribution in [0, 0.1) is 5.92 Å². The number of rotatable bonds is 3. The molecule has 0 spiro atoms. The maximum Gasteiger partial charge on any atom is 0.225 e. The number of hydrogen-bond acceptors (Lipinski definition) is 5. The Morgan fingerprint density at radius 3 is 2.36 bits per heavy atom. The van der Waals surface area contributed by atoms with Crippen molar-refractivity contribution in [2.24, 2.45) is 5.92 Å². The van der Waals surface area contributed by atoms with E-state index in [4.69, 9.17) is 0 Å². The fourth-order valence-electron chi connectivity index (χ4n) is 3.01. The van der Waals surface area contributed by atoms with Gasteiger partial charge in [-0.2, -0.15) is 0 Å². The van der Waals surface area contributed by atoms with Gasteiger partial charge >= 0.3 is 0 Å². The molecular formula is C15H21N5O2. The van der Waals surface area contributed by atoms with E-state index in [-0.39, 0.29) is 23.8 Å². The van der Waals surface area contributed by atoms with Gasteiger partial charge in [0.2, 0.25) is 17.8 Å². The summed E-state index contributed by atoms with van der Waals surface area (Å²) in [6.45, 7) is 4.37. The van der Waals surface area contributed by atoms with Gasteiger partial charge in [0, 0.05) is 51.4 Å². The van der Waals surface area contributed by atoms with E-state index in [1.54, 1.807) is 25.4 Å². The average Bonchev–Trinajstić information content (AvgIpc) is 2.51. The monoisotopic (exact) mass is 303 g/mol. The first kappa shape index (κ1) is 14.7. The quantitative estimate of drug-likeness (QED) is 0.872. The van der Waals surface area contributed by atoms with Gasteiger partial charge in [0.15, 0.2) is 0 Å². The number of carbonyl (C=O) groups excluding carboxylic acids is 2. The van der Waals surface area contributed by atoms with Crippen LogP contribution >= 0.6 is 0 Å². The SMILES string of the molecule is CC(=O)N1CCC(C(=O)N2CC(Nc3ncccn3)C2)CC1. The summed E-state index contributed by atoms with van der Waals surface area (Å²) in [6, 6.07) is 2.00. The Morgan fingerprint density at radius 1 is 1.14 bits per heavy atom. The molecule has 1 N–H and O–H groups in total. The van der Waals surface area contributed by atoms with Crippen LogP contribution in [0.5, 0.6) is 0 Å². The van der Waals surface area contributed by atoms with Crippen molar-refractivity contribution in [2.45, 2.75) is 25.8 Å². The largest absolute Gasteiger partial charge is 0.348 e. The highest BCUT2D eigenvalue weighted by atomic mass is 16.2. The van der Waals surface area contributed by atoms with Crippen LogP contribution in [0.4, 0.5) is 5.95 Å². The fourth-order valence-corrected chi connectivity index (χ4v) is 3.01. The molecule has 2 saturated heterocycles. The summed E-state index contributed by atoms with van der Waals surface area (Å²) in [5.74, 6) is 0.982. The van der Waals surface area contributed by atoms with Crippen LogP contribution in [0.15, 0.2) is 18.5 Å². The smallest absolute Gasteiger partial charge is 0.225 e. The third kappa shape index (κ3) is 3.18. The van der Waals surface area contributed by atoms with E-state index in [9.17, 15) is 9.59 Å². The highest BCUT2D eigenvalue weighted by molar-refractivity contribution is 5.80. The minimum absolute atomic E-state index is 0.0597. The molecule has 3 heterocycles. The number of anilines is 1. The molecule has 1 aromatic rings. The molecule has 3 rings (SSSR count). The Bertz CT molecular complexity index is 536. The Balaban J connectivity index is 1.43. The zero-order valence-corrected chi connectivity index (χ0v) is 12.7. The van der Waals surface area contributed by atoms with Gasteiger partial charge in [0.1, 0.15) is 0 Å². The number of aromatic nitrogens is 2. The summed E-state index contributed by atoms with van der Waals surface area (Å²) in [5.41, 5.74) is 0. The van der Waals surface area contributed by atoms with Crippen molar-refractivity contribution in [3.63, 3.8) is 0 Å². The first-order chi connectivity index (χ1) is 10.6. The van der Waals surface area contributed by atoms with Crippen LogP contribution in [-0.4, -0.2) is 63.8 Å². The third-order valence-corrected chi connectivity index (χ3v) is 4.38. The summed E-state index contributed by atoms with van der Waals surface area (Å²) in [7, 11) is 0. The Kier molecular flexibility index (Phi) is 4.22. The summed E-state index contributed by atoms with van der Waals surface area (Å²) in [6.07, 6.45) is 4.93. The van der Waals surface area contributed by atoms with Gasteiger partial charge in [-0.05, 0) is 18.9 Å². The minimum atomic E-state index is 0.0597. The van der Waals surface area contributed by atoms with Gasteiger partial charge in [0.25, 0.3) is 0 Å². The van der Waals surface area contributed by atoms with Crippen molar-refractivity contribution in [2.75, 3.05) is 31.5 Å². The van der Waals surface area contributed by atoms with Crippen LogP contribution in [0.25, 0.3) is 0 Å². The molecule has 7 heteroatoms. The molecule has 2 aliphatic rings. The van der Waals surface area contributed by atoms with Crippen molar-refractivity contribution >= 4 is 17.8 Å². The van der Waals surface area contributed by atoms with Crippen molar-refractivity contribution in [3.05, 3.63) is 18.5 Å². The second-order valence-electron chi connectivity index (χ2n) is 5.94. The average molecular weight is 303 g/mol. The first-order valence-electron chi connectivity index (χ1n) is 7.71. The van der Waals surface area contributed by atoms with Crippen LogP contribution < -0.4 is 5.32 Å². The third-order valence-electron chi connectivity index (χ3n) is 4.38.